The molecule has 3 saturated heterocycles. The average Bonchev–Trinajstić information content (AvgIpc) is 2.86. The van der Waals surface area contributed by atoms with Crippen molar-refractivity contribution in [2.24, 2.45) is 0 Å². The highest BCUT2D eigenvalue weighted by molar-refractivity contribution is 4.85. The van der Waals surface area contributed by atoms with Gasteiger partial charge in [-0.05, 0) is 0 Å². The summed E-state index contributed by atoms with van der Waals surface area (Å²) in [5.74, 6) is 0. The zero-order valence-corrected chi connectivity index (χ0v) is 16.6. The maximum absolute atomic E-state index is 9.38. The number of rotatable bonds is 4. The van der Waals surface area contributed by atoms with E-state index in [0.717, 1.165) is 0 Å². The van der Waals surface area contributed by atoms with Crippen LogP contribution in [-0.4, -0.2) is 118 Å². The van der Waals surface area contributed by atoms with Gasteiger partial charge in [-0.1, -0.05) is 0 Å². The molecule has 3 N–H and O–H groups in total. The van der Waals surface area contributed by atoms with Crippen LogP contribution >= 0.6 is 0 Å². The maximum Gasteiger partial charge on any atom is 0.156 e. The van der Waals surface area contributed by atoms with Crippen LogP contribution in [0.25, 0.3) is 0 Å². The number of aliphatic hydroxyl groups is 3. The summed E-state index contributed by atoms with van der Waals surface area (Å²) in [6, 6.07) is 0. The molecule has 3 aliphatic rings. The van der Waals surface area contributed by atoms with Crippen LogP contribution in [0.1, 0.15) is 0 Å². The second-order valence-corrected chi connectivity index (χ2v) is 6.77. The molecule has 0 aromatic carbocycles. The van der Waals surface area contributed by atoms with Gasteiger partial charge in [0.15, 0.2) is 18.3 Å². The Labute approximate surface area is 177 Å². The lowest BCUT2D eigenvalue weighted by Gasteiger charge is -2.35. The monoisotopic (exact) mass is 460 g/mol. The maximum atomic E-state index is 9.38. The van der Waals surface area contributed by atoms with E-state index in [9.17, 15) is 10.2 Å². The number of ether oxygens (including phenoxy) is 2. The van der Waals surface area contributed by atoms with Crippen LogP contribution in [0.4, 0.5) is 0 Å². The Bertz CT molecular complexity index is 474. The summed E-state index contributed by atoms with van der Waals surface area (Å²) in [4.78, 5) is 52.2. The van der Waals surface area contributed by atoms with Crippen LogP contribution in [0.3, 0.4) is 0 Å². The minimum absolute atomic E-state index is 0.113. The largest absolute Gasteiger partial charge is 0.394 e. The zero-order chi connectivity index (χ0) is 21.9. The molecular formula is C16H28O15. The highest BCUT2D eigenvalue weighted by Crippen LogP contribution is 2.23. The van der Waals surface area contributed by atoms with E-state index in [2.05, 4.69) is 0 Å². The molecule has 7 unspecified atom stereocenters. The first kappa shape index (κ1) is 25.0. The topological polar surface area (TPSA) is 171 Å². The van der Waals surface area contributed by atoms with E-state index in [1.807, 2.05) is 0 Å². The molecule has 7 atom stereocenters. The number of hydrogen-bond acceptors (Lipinski definition) is 15. The predicted octanol–water partition coefficient (Wildman–Crippen LogP) is -2.68. The molecule has 0 amide bonds. The fraction of sp³-hybridized carbons (Fsp3) is 1.00. The lowest BCUT2D eigenvalue weighted by Crippen LogP contribution is -2.53. The summed E-state index contributed by atoms with van der Waals surface area (Å²) in [6.45, 7) is -2.06. The van der Waals surface area contributed by atoms with Crippen molar-refractivity contribution < 1.29 is 73.7 Å². The van der Waals surface area contributed by atoms with Gasteiger partial charge < -0.3 is 24.8 Å². The van der Waals surface area contributed by atoms with Crippen molar-refractivity contribution in [1.29, 1.82) is 0 Å². The molecule has 3 heterocycles. The fourth-order valence-electron chi connectivity index (χ4n) is 2.67. The lowest BCUT2D eigenvalue weighted by atomic mass is 10.0. The Morgan fingerprint density at radius 2 is 0.968 bits per heavy atom. The van der Waals surface area contributed by atoms with E-state index >= 15 is 0 Å². The molecule has 182 valence electrons. The van der Waals surface area contributed by atoms with Gasteiger partial charge in [0.25, 0.3) is 0 Å². The van der Waals surface area contributed by atoms with E-state index in [1.165, 1.54) is 0 Å². The molecule has 0 bridgehead atoms. The van der Waals surface area contributed by atoms with Gasteiger partial charge >= 0.3 is 0 Å². The van der Waals surface area contributed by atoms with Crippen LogP contribution < -0.4 is 0 Å². The van der Waals surface area contributed by atoms with Crippen LogP contribution in [0.5, 0.6) is 0 Å². The molecule has 0 spiro atoms. The average molecular weight is 460 g/mol. The third-order valence-corrected chi connectivity index (χ3v) is 4.44. The van der Waals surface area contributed by atoms with Gasteiger partial charge in [0.05, 0.1) is 19.8 Å². The molecule has 0 aromatic heterocycles. The molecule has 0 aliphatic carbocycles. The highest BCUT2D eigenvalue weighted by Gasteiger charge is 2.44. The Morgan fingerprint density at radius 3 is 1.58 bits per heavy atom. The van der Waals surface area contributed by atoms with E-state index in [-0.39, 0.29) is 59.6 Å². The van der Waals surface area contributed by atoms with Gasteiger partial charge in [0.1, 0.15) is 64.2 Å². The van der Waals surface area contributed by atoms with Crippen molar-refractivity contribution in [3.63, 3.8) is 0 Å². The first-order valence-electron chi connectivity index (χ1n) is 9.72. The standard InChI is InChI=1S/C16H28O15/c17-1-10-4-23-31-16(14-8-26-28-11(2-18)5-22-29-14)15-13(21-9-20-10)7-25-27-12(3-19)6-24-30-15/h10-19H,1-9H2. The van der Waals surface area contributed by atoms with Crippen molar-refractivity contribution in [3.05, 3.63) is 0 Å². The van der Waals surface area contributed by atoms with Gasteiger partial charge in [-0.15, -0.1) is 0 Å². The Hall–Kier alpha value is -0.600. The number of hydrogen-bond donors (Lipinski definition) is 3. The van der Waals surface area contributed by atoms with Gasteiger partial charge in [0, 0.05) is 0 Å². The Kier molecular flexibility index (Phi) is 11.2. The summed E-state index contributed by atoms with van der Waals surface area (Å²) in [6.07, 6.45) is -6.24. The molecular weight excluding hydrogens is 432 g/mol. The van der Waals surface area contributed by atoms with E-state index < -0.39 is 42.7 Å². The van der Waals surface area contributed by atoms with Gasteiger partial charge in [-0.25, -0.2) is 48.9 Å². The molecule has 3 rings (SSSR count). The van der Waals surface area contributed by atoms with Crippen molar-refractivity contribution in [3.8, 4) is 0 Å². The third kappa shape index (κ3) is 7.74. The molecule has 0 saturated carbocycles. The van der Waals surface area contributed by atoms with Gasteiger partial charge in [-0.2, -0.15) is 0 Å². The molecule has 0 radical (unpaired) electrons. The second kappa shape index (κ2) is 13.8. The van der Waals surface area contributed by atoms with E-state index in [1.54, 1.807) is 0 Å². The zero-order valence-electron chi connectivity index (χ0n) is 16.6. The van der Waals surface area contributed by atoms with Crippen molar-refractivity contribution in [2.45, 2.75) is 42.7 Å². The number of fused-ring (bicyclic) bond motifs is 1. The highest BCUT2D eigenvalue weighted by atomic mass is 17.3. The summed E-state index contributed by atoms with van der Waals surface area (Å²) in [5, 5.41) is 27.8. The van der Waals surface area contributed by atoms with Gasteiger partial charge in [-0.3, -0.25) is 0 Å². The lowest BCUT2D eigenvalue weighted by molar-refractivity contribution is -0.472. The fourth-order valence-corrected chi connectivity index (χ4v) is 2.67. The minimum Gasteiger partial charge on any atom is -0.394 e. The van der Waals surface area contributed by atoms with Crippen LogP contribution in [0.15, 0.2) is 0 Å². The van der Waals surface area contributed by atoms with Crippen molar-refractivity contribution in [1.82, 2.24) is 0 Å². The summed E-state index contributed by atoms with van der Waals surface area (Å²) in [5.41, 5.74) is 0. The van der Waals surface area contributed by atoms with E-state index in [0.29, 0.717) is 0 Å². The smallest absolute Gasteiger partial charge is 0.156 e. The quantitative estimate of drug-likeness (QED) is 0.370. The van der Waals surface area contributed by atoms with Crippen molar-refractivity contribution in [2.75, 3.05) is 59.6 Å². The third-order valence-electron chi connectivity index (χ3n) is 4.44. The summed E-state index contributed by atoms with van der Waals surface area (Å²) >= 11 is 0. The first-order chi connectivity index (χ1) is 15.2. The Morgan fingerprint density at radius 1 is 0.484 bits per heavy atom. The molecule has 3 fully saturated rings. The predicted molar refractivity (Wildman–Crippen MR) is 90.0 cm³/mol. The molecule has 31 heavy (non-hydrogen) atoms. The van der Waals surface area contributed by atoms with Crippen LogP contribution in [-0.2, 0) is 58.3 Å². The normalized spacial score (nSPS) is 39.8. The second-order valence-electron chi connectivity index (χ2n) is 6.77. The first-order valence-corrected chi connectivity index (χ1v) is 9.72. The summed E-state index contributed by atoms with van der Waals surface area (Å²) < 4.78 is 11.1. The summed E-state index contributed by atoms with van der Waals surface area (Å²) in [7, 11) is 0. The molecule has 15 nitrogen and oxygen atoms in total. The van der Waals surface area contributed by atoms with Crippen molar-refractivity contribution >= 4 is 0 Å². The molecule has 0 aromatic rings. The minimum atomic E-state index is -1.08. The molecule has 15 heteroatoms. The van der Waals surface area contributed by atoms with Crippen LogP contribution in [0, 0.1) is 0 Å². The molecule has 3 aliphatic heterocycles. The number of aliphatic hydroxyl groups excluding tert-OH is 3. The Balaban J connectivity index is 1.75. The van der Waals surface area contributed by atoms with Gasteiger partial charge in [0.2, 0.25) is 0 Å². The van der Waals surface area contributed by atoms with Crippen LogP contribution in [0.2, 0.25) is 0 Å². The van der Waals surface area contributed by atoms with E-state index in [4.69, 9.17) is 63.5 Å². The SMILES string of the molecule is OCC1COOC(C2COOC(CO)COO2)C2OOCC(CO)OOCC2OCO1.